The van der Waals surface area contributed by atoms with Gasteiger partial charge in [-0.3, -0.25) is 9.59 Å². The molecule has 1 aromatic heterocycles. The maximum absolute atomic E-state index is 14.3. The normalized spacial score (nSPS) is 15.9. The molecule has 0 saturated carbocycles. The first-order valence-corrected chi connectivity index (χ1v) is 13.4. The fourth-order valence-electron chi connectivity index (χ4n) is 4.74. The number of hydrogen-bond acceptors (Lipinski definition) is 7. The maximum atomic E-state index is 14.3. The molecule has 1 aliphatic rings. The molecule has 0 bridgehead atoms. The topological polar surface area (TPSA) is 131 Å². The number of carbonyl (C=O) groups excluding carboxylic acids is 3. The number of amides is 4. The summed E-state index contributed by atoms with van der Waals surface area (Å²) >= 11 is 0. The number of anilines is 3. The van der Waals surface area contributed by atoms with Gasteiger partial charge in [-0.05, 0) is 50.6 Å². The van der Waals surface area contributed by atoms with Crippen LogP contribution in [0.1, 0.15) is 31.4 Å². The highest BCUT2D eigenvalue weighted by Gasteiger charge is 2.53. The molecule has 11 heteroatoms. The number of hydrogen-bond donors (Lipinski definition) is 3. The van der Waals surface area contributed by atoms with Gasteiger partial charge in [0.15, 0.2) is 11.8 Å². The smallest absolute Gasteiger partial charge is 0.320 e. The Morgan fingerprint density at radius 3 is 2.44 bits per heavy atom. The second-order valence-electron chi connectivity index (χ2n) is 9.44. The highest BCUT2D eigenvalue weighted by atomic mass is 16.7. The van der Waals surface area contributed by atoms with E-state index in [2.05, 4.69) is 20.9 Å². The number of urea groups is 1. The molecule has 11 nitrogen and oxygen atoms in total. The van der Waals surface area contributed by atoms with Gasteiger partial charge in [0, 0.05) is 36.7 Å². The fraction of sp³-hybridized carbons (Fsp3) is 0.333. The van der Waals surface area contributed by atoms with Crippen molar-refractivity contribution >= 4 is 35.0 Å². The number of benzene rings is 2. The Morgan fingerprint density at radius 1 is 1.00 bits per heavy atom. The molecule has 4 rings (SSSR count). The van der Waals surface area contributed by atoms with Crippen molar-refractivity contribution in [3.63, 3.8) is 0 Å². The van der Waals surface area contributed by atoms with Crippen molar-refractivity contribution in [1.29, 1.82) is 0 Å². The Morgan fingerprint density at radius 2 is 1.76 bits per heavy atom. The molecule has 3 aromatic rings. The summed E-state index contributed by atoms with van der Waals surface area (Å²) < 4.78 is 16.7. The molecule has 41 heavy (non-hydrogen) atoms. The van der Waals surface area contributed by atoms with E-state index in [1.54, 1.807) is 60.8 Å². The lowest BCUT2D eigenvalue weighted by Gasteiger charge is -2.30. The molecule has 0 aliphatic carbocycles. The van der Waals surface area contributed by atoms with Crippen molar-refractivity contribution in [2.24, 2.45) is 0 Å². The summed E-state index contributed by atoms with van der Waals surface area (Å²) in [6.45, 7) is 6.39. The Hall–Kier alpha value is -4.48. The van der Waals surface area contributed by atoms with E-state index in [4.69, 9.17) is 14.2 Å². The summed E-state index contributed by atoms with van der Waals surface area (Å²) in [6.07, 6.45) is 0.549. The van der Waals surface area contributed by atoms with E-state index in [-0.39, 0.29) is 13.0 Å². The third kappa shape index (κ3) is 6.82. The molecule has 4 amide bonds. The van der Waals surface area contributed by atoms with Gasteiger partial charge in [0.25, 0.3) is 5.91 Å². The minimum absolute atomic E-state index is 0.0690. The second-order valence-corrected chi connectivity index (χ2v) is 9.44. The lowest BCUT2D eigenvalue weighted by atomic mass is 9.87. The standard InChI is InChI=1S/C30H35N5O6/c1-5-40-27(41-6-2)19-35-24-13-8-7-12-23(24)30(28(35)37,17-26(36)33-25-15-14-20(3)18-31-25)34-29(38)32-21-10-9-11-22(16-21)39-4/h7-16,18,27H,5-6,17,19H2,1-4H3,(H,31,33,36)(H2,32,34,38). The van der Waals surface area contributed by atoms with Crippen LogP contribution in [0, 0.1) is 6.92 Å². The Labute approximate surface area is 239 Å². The average molecular weight is 562 g/mol. The Balaban J connectivity index is 1.69. The number of aromatic nitrogens is 1. The van der Waals surface area contributed by atoms with Crippen molar-refractivity contribution in [2.75, 3.05) is 42.4 Å². The Kier molecular flexibility index (Phi) is 9.53. The van der Waals surface area contributed by atoms with Gasteiger partial charge in [0.1, 0.15) is 11.6 Å². The minimum Gasteiger partial charge on any atom is -0.497 e. The number of ether oxygens (including phenoxy) is 3. The summed E-state index contributed by atoms with van der Waals surface area (Å²) in [5, 5.41) is 8.33. The molecule has 0 saturated heterocycles. The molecule has 1 atom stereocenters. The number of para-hydroxylation sites is 1. The number of aryl methyl sites for hydroxylation is 1. The fourth-order valence-corrected chi connectivity index (χ4v) is 4.74. The summed E-state index contributed by atoms with van der Waals surface area (Å²) in [5.74, 6) is -0.108. The number of nitrogens with zero attached hydrogens (tertiary/aromatic N) is 2. The molecule has 1 unspecified atom stereocenters. The molecular formula is C30H35N5O6. The van der Waals surface area contributed by atoms with Crippen LogP contribution in [0.4, 0.5) is 22.0 Å². The van der Waals surface area contributed by atoms with E-state index in [0.29, 0.717) is 41.7 Å². The van der Waals surface area contributed by atoms with Gasteiger partial charge < -0.3 is 35.1 Å². The summed E-state index contributed by atoms with van der Waals surface area (Å²) in [7, 11) is 1.52. The van der Waals surface area contributed by atoms with Crippen LogP contribution in [0.2, 0.25) is 0 Å². The molecule has 0 spiro atoms. The number of methoxy groups -OCH3 is 1. The van der Waals surface area contributed by atoms with E-state index in [9.17, 15) is 14.4 Å². The van der Waals surface area contributed by atoms with Crippen molar-refractivity contribution < 1.29 is 28.6 Å². The van der Waals surface area contributed by atoms with E-state index in [1.165, 1.54) is 12.0 Å². The van der Waals surface area contributed by atoms with E-state index in [1.807, 2.05) is 26.8 Å². The Bertz CT molecular complexity index is 1380. The van der Waals surface area contributed by atoms with Crippen LogP contribution in [0.25, 0.3) is 0 Å². The van der Waals surface area contributed by atoms with Crippen LogP contribution in [0.15, 0.2) is 66.9 Å². The molecular weight excluding hydrogens is 526 g/mol. The SMILES string of the molecule is CCOC(CN1C(=O)C(CC(=O)Nc2ccc(C)cn2)(NC(=O)Nc2cccc(OC)c2)c2ccccc21)OCC. The van der Waals surface area contributed by atoms with Crippen molar-refractivity contribution in [3.8, 4) is 5.75 Å². The monoisotopic (exact) mass is 561 g/mol. The first-order chi connectivity index (χ1) is 19.8. The van der Waals surface area contributed by atoms with Gasteiger partial charge in [0.2, 0.25) is 5.91 Å². The quantitative estimate of drug-likeness (QED) is 0.283. The highest BCUT2D eigenvalue weighted by Crippen LogP contribution is 2.43. The van der Waals surface area contributed by atoms with Crippen LogP contribution in [-0.4, -0.2) is 56.0 Å². The van der Waals surface area contributed by atoms with Crippen molar-refractivity contribution in [3.05, 3.63) is 78.0 Å². The van der Waals surface area contributed by atoms with Crippen LogP contribution >= 0.6 is 0 Å². The first kappa shape index (κ1) is 29.5. The van der Waals surface area contributed by atoms with Gasteiger partial charge >= 0.3 is 6.03 Å². The van der Waals surface area contributed by atoms with E-state index >= 15 is 0 Å². The number of pyridine rings is 1. The van der Waals surface area contributed by atoms with Crippen LogP contribution in [0.3, 0.4) is 0 Å². The third-order valence-corrected chi connectivity index (χ3v) is 6.56. The van der Waals surface area contributed by atoms with Crippen molar-refractivity contribution in [1.82, 2.24) is 10.3 Å². The lowest BCUT2D eigenvalue weighted by Crippen LogP contribution is -2.56. The zero-order chi connectivity index (χ0) is 29.4. The second kappa shape index (κ2) is 13.2. The van der Waals surface area contributed by atoms with Gasteiger partial charge in [-0.25, -0.2) is 9.78 Å². The zero-order valence-electron chi connectivity index (χ0n) is 23.6. The predicted molar refractivity (Wildman–Crippen MR) is 155 cm³/mol. The van der Waals surface area contributed by atoms with Crippen LogP contribution in [0.5, 0.6) is 5.75 Å². The number of nitrogens with one attached hydrogen (secondary N) is 3. The first-order valence-electron chi connectivity index (χ1n) is 13.4. The largest absolute Gasteiger partial charge is 0.497 e. The third-order valence-electron chi connectivity index (χ3n) is 6.56. The molecule has 2 aromatic carbocycles. The van der Waals surface area contributed by atoms with Gasteiger partial charge in [0.05, 0.1) is 25.8 Å². The molecule has 2 heterocycles. The maximum Gasteiger partial charge on any atom is 0.320 e. The number of carbonyl (C=O) groups is 3. The molecule has 0 radical (unpaired) electrons. The van der Waals surface area contributed by atoms with E-state index < -0.39 is 29.7 Å². The van der Waals surface area contributed by atoms with Gasteiger partial charge in [-0.2, -0.15) is 0 Å². The number of rotatable bonds is 12. The molecule has 1 aliphatic heterocycles. The lowest BCUT2D eigenvalue weighted by molar-refractivity contribution is -0.138. The predicted octanol–water partition coefficient (Wildman–Crippen LogP) is 4.19. The van der Waals surface area contributed by atoms with Gasteiger partial charge in [-0.15, -0.1) is 0 Å². The molecule has 216 valence electrons. The van der Waals surface area contributed by atoms with Gasteiger partial charge in [-0.1, -0.05) is 30.3 Å². The van der Waals surface area contributed by atoms with Crippen LogP contribution < -0.4 is 25.6 Å². The average Bonchev–Trinajstić information content (AvgIpc) is 3.17. The van der Waals surface area contributed by atoms with Crippen LogP contribution in [-0.2, 0) is 24.6 Å². The number of fused-ring (bicyclic) bond motifs is 1. The summed E-state index contributed by atoms with van der Waals surface area (Å²) in [5.41, 5.74) is 0.684. The molecule has 3 N–H and O–H groups in total. The zero-order valence-corrected chi connectivity index (χ0v) is 23.6. The summed E-state index contributed by atoms with van der Waals surface area (Å²) in [4.78, 5) is 46.9. The van der Waals surface area contributed by atoms with Crippen molar-refractivity contribution in [2.45, 2.75) is 39.0 Å². The minimum atomic E-state index is -1.72. The molecule has 0 fully saturated rings. The summed E-state index contributed by atoms with van der Waals surface area (Å²) in [6, 6.07) is 16.7. The van der Waals surface area contributed by atoms with E-state index in [0.717, 1.165) is 5.56 Å². The highest BCUT2D eigenvalue weighted by molar-refractivity contribution is 6.12.